The maximum absolute atomic E-state index is 11.4. The summed E-state index contributed by atoms with van der Waals surface area (Å²) >= 11 is 7.72. The third-order valence-corrected chi connectivity index (χ3v) is 13.0. The lowest BCUT2D eigenvalue weighted by Gasteiger charge is -2.38. The van der Waals surface area contributed by atoms with Gasteiger partial charge in [0.2, 0.25) is 0 Å². The van der Waals surface area contributed by atoms with E-state index in [9.17, 15) is 9.90 Å². The van der Waals surface area contributed by atoms with Crippen molar-refractivity contribution in [3.8, 4) is 11.5 Å². The minimum Gasteiger partial charge on any atom is -0.481 e. The molecule has 1 aromatic heterocycles. The van der Waals surface area contributed by atoms with Crippen LogP contribution < -0.4 is 0 Å². The first kappa shape index (κ1) is 21.0. The number of carbonyl (C=O) groups is 1. The van der Waals surface area contributed by atoms with Gasteiger partial charge in [-0.2, -0.15) is 0 Å². The Hall–Kier alpha value is -1.28. The molecule has 1 heterocycles. The molecular formula is C21H27ClO2SSi. The van der Waals surface area contributed by atoms with Crippen molar-refractivity contribution in [2.24, 2.45) is 0 Å². The highest BCUT2D eigenvalue weighted by Gasteiger charge is 2.41. The number of aliphatic carboxylic acids is 1. The monoisotopic (exact) mass is 406 g/mol. The average Bonchev–Trinajstić information content (AvgIpc) is 2.83. The molecule has 0 radical (unpaired) electrons. The van der Waals surface area contributed by atoms with Gasteiger partial charge in [0, 0.05) is 9.72 Å². The second-order valence-corrected chi connectivity index (χ2v) is 14.8. The van der Waals surface area contributed by atoms with Crippen LogP contribution in [-0.2, 0) is 11.2 Å². The highest BCUT2D eigenvalue weighted by molar-refractivity contribution is 7.19. The summed E-state index contributed by atoms with van der Waals surface area (Å²) in [7, 11) is -1.86. The minimum atomic E-state index is -1.86. The molecule has 0 aliphatic carbocycles. The van der Waals surface area contributed by atoms with Gasteiger partial charge in [-0.1, -0.05) is 59.1 Å². The van der Waals surface area contributed by atoms with Gasteiger partial charge in [0.05, 0.1) is 11.3 Å². The van der Waals surface area contributed by atoms with Gasteiger partial charge in [0.1, 0.15) is 8.07 Å². The van der Waals surface area contributed by atoms with Gasteiger partial charge in [0.15, 0.2) is 0 Å². The van der Waals surface area contributed by atoms with Crippen molar-refractivity contribution in [2.45, 2.75) is 64.6 Å². The fourth-order valence-electron chi connectivity index (χ4n) is 4.15. The molecule has 0 saturated heterocycles. The number of hydrogen-bond acceptors (Lipinski definition) is 2. The summed E-state index contributed by atoms with van der Waals surface area (Å²) < 4.78 is 1.04. The number of carboxylic acids is 1. The molecule has 0 fully saturated rings. The molecule has 0 atom stereocenters. The molecule has 2 rings (SSSR count). The summed E-state index contributed by atoms with van der Waals surface area (Å²) in [6.45, 7) is 13.7. The number of benzene rings is 1. The topological polar surface area (TPSA) is 37.3 Å². The second-order valence-electron chi connectivity index (χ2n) is 7.77. The van der Waals surface area contributed by atoms with E-state index in [0.717, 1.165) is 20.5 Å². The molecule has 0 aliphatic rings. The molecule has 2 nitrogen and oxygen atoms in total. The van der Waals surface area contributed by atoms with E-state index in [1.807, 2.05) is 18.2 Å². The highest BCUT2D eigenvalue weighted by atomic mass is 35.5. The maximum atomic E-state index is 11.4. The van der Waals surface area contributed by atoms with Crippen LogP contribution >= 0.6 is 22.9 Å². The first-order valence-corrected chi connectivity index (χ1v) is 12.5. The summed E-state index contributed by atoms with van der Waals surface area (Å²) in [5, 5.41) is 10.9. The largest absolute Gasteiger partial charge is 0.481 e. The third kappa shape index (κ3) is 4.01. The van der Waals surface area contributed by atoms with E-state index in [4.69, 9.17) is 11.6 Å². The van der Waals surface area contributed by atoms with Gasteiger partial charge in [0.25, 0.3) is 0 Å². The number of hydrogen-bond donors (Lipinski definition) is 1. The molecule has 26 heavy (non-hydrogen) atoms. The maximum Gasteiger partial charge on any atom is 0.307 e. The Morgan fingerprint density at radius 1 is 1.15 bits per heavy atom. The zero-order chi connectivity index (χ0) is 19.6. The van der Waals surface area contributed by atoms with Crippen LogP contribution in [0, 0.1) is 11.5 Å². The predicted octanol–water partition coefficient (Wildman–Crippen LogP) is 6.75. The summed E-state index contributed by atoms with van der Waals surface area (Å²) in [4.78, 5) is 12.3. The number of thiophene rings is 1. The fourth-order valence-corrected chi connectivity index (χ4v) is 10.7. The smallest absolute Gasteiger partial charge is 0.307 e. The zero-order valence-corrected chi connectivity index (χ0v) is 18.9. The quantitative estimate of drug-likeness (QED) is 0.440. The molecule has 2 aromatic rings. The Labute approximate surface area is 166 Å². The summed E-state index contributed by atoms with van der Waals surface area (Å²) in [5.41, 5.74) is 6.14. The van der Waals surface area contributed by atoms with Gasteiger partial charge in [-0.15, -0.1) is 16.9 Å². The molecule has 0 saturated carbocycles. The van der Waals surface area contributed by atoms with Gasteiger partial charge in [-0.05, 0) is 45.8 Å². The van der Waals surface area contributed by atoms with Crippen LogP contribution in [0.4, 0.5) is 0 Å². The number of rotatable bonds is 5. The van der Waals surface area contributed by atoms with E-state index in [2.05, 4.69) is 53.0 Å². The lowest BCUT2D eigenvalue weighted by Crippen LogP contribution is -2.43. The molecule has 0 spiro atoms. The van der Waals surface area contributed by atoms with Crippen molar-refractivity contribution in [3.63, 3.8) is 0 Å². The number of carboxylic acid groups (broad SMARTS) is 1. The lowest BCUT2D eigenvalue weighted by molar-refractivity contribution is -0.136. The van der Waals surface area contributed by atoms with E-state index in [0.29, 0.717) is 21.6 Å². The molecule has 0 unspecified atom stereocenters. The van der Waals surface area contributed by atoms with E-state index in [-0.39, 0.29) is 6.42 Å². The van der Waals surface area contributed by atoms with Crippen molar-refractivity contribution in [1.29, 1.82) is 0 Å². The normalized spacial score (nSPS) is 12.1. The molecule has 0 aliphatic heterocycles. The molecule has 1 N–H and O–H groups in total. The lowest BCUT2D eigenvalue weighted by atomic mass is 10.1. The highest BCUT2D eigenvalue weighted by Crippen LogP contribution is 2.41. The first-order valence-electron chi connectivity index (χ1n) is 9.05. The standard InChI is InChI=1S/C21H27ClO2SSi/c1-13(2)26(14(3)4,15(5)6)10-9-20-18(12-21(23)24)17-11-16(22)7-8-19(17)25-20/h7-8,11,13-15H,12H2,1-6H3,(H,23,24). The van der Waals surface area contributed by atoms with Crippen LogP contribution in [0.15, 0.2) is 18.2 Å². The molecule has 0 bridgehead atoms. The predicted molar refractivity (Wildman–Crippen MR) is 116 cm³/mol. The van der Waals surface area contributed by atoms with Crippen LogP contribution in [0.2, 0.25) is 21.6 Å². The number of fused-ring (bicyclic) bond motifs is 1. The van der Waals surface area contributed by atoms with Crippen molar-refractivity contribution in [2.75, 3.05) is 0 Å². The summed E-state index contributed by atoms with van der Waals surface area (Å²) in [6, 6.07) is 5.66. The SMILES string of the molecule is CC(C)[Si](C#Cc1sc2ccc(Cl)cc2c1CC(=O)O)(C(C)C)C(C)C. The van der Waals surface area contributed by atoms with E-state index in [1.54, 1.807) is 11.3 Å². The average molecular weight is 407 g/mol. The van der Waals surface area contributed by atoms with Crippen LogP contribution in [0.3, 0.4) is 0 Å². The molecule has 1 aromatic carbocycles. The van der Waals surface area contributed by atoms with E-state index in [1.165, 1.54) is 0 Å². The van der Waals surface area contributed by atoms with Crippen LogP contribution in [-0.4, -0.2) is 19.1 Å². The fraction of sp³-hybridized carbons (Fsp3) is 0.476. The Morgan fingerprint density at radius 3 is 2.23 bits per heavy atom. The van der Waals surface area contributed by atoms with E-state index < -0.39 is 14.0 Å². The van der Waals surface area contributed by atoms with Crippen molar-refractivity contribution >= 4 is 47.1 Å². The van der Waals surface area contributed by atoms with Gasteiger partial charge >= 0.3 is 5.97 Å². The third-order valence-electron chi connectivity index (χ3n) is 5.34. The van der Waals surface area contributed by atoms with Crippen LogP contribution in [0.5, 0.6) is 0 Å². The second kappa shape index (κ2) is 8.16. The molecule has 0 amide bonds. The summed E-state index contributed by atoms with van der Waals surface area (Å²) in [5.74, 6) is 2.60. The van der Waals surface area contributed by atoms with E-state index >= 15 is 0 Å². The van der Waals surface area contributed by atoms with Crippen molar-refractivity contribution in [1.82, 2.24) is 0 Å². The first-order chi connectivity index (χ1) is 12.1. The zero-order valence-electron chi connectivity index (χ0n) is 16.3. The Morgan fingerprint density at radius 2 is 1.73 bits per heavy atom. The van der Waals surface area contributed by atoms with Crippen molar-refractivity contribution in [3.05, 3.63) is 33.7 Å². The van der Waals surface area contributed by atoms with Crippen LogP contribution in [0.25, 0.3) is 10.1 Å². The van der Waals surface area contributed by atoms with Crippen molar-refractivity contribution < 1.29 is 9.90 Å². The molecule has 5 heteroatoms. The molecule has 140 valence electrons. The van der Waals surface area contributed by atoms with Crippen LogP contribution in [0.1, 0.15) is 52.0 Å². The minimum absolute atomic E-state index is 0.0239. The van der Waals surface area contributed by atoms with Gasteiger partial charge in [-0.3, -0.25) is 4.79 Å². The number of halogens is 1. The Kier molecular flexibility index (Phi) is 6.60. The Bertz CT molecular complexity index is 849. The molecular weight excluding hydrogens is 380 g/mol. The summed E-state index contributed by atoms with van der Waals surface area (Å²) in [6.07, 6.45) is -0.0239. The van der Waals surface area contributed by atoms with Gasteiger partial charge < -0.3 is 5.11 Å². The van der Waals surface area contributed by atoms with Gasteiger partial charge in [-0.25, -0.2) is 0 Å². The Balaban J connectivity index is 2.67.